The summed E-state index contributed by atoms with van der Waals surface area (Å²) in [5.74, 6) is -0.840. The number of fused-ring (bicyclic) bond motifs is 6. The molecule has 174 valence electrons. The third kappa shape index (κ3) is 2.61. The van der Waals surface area contributed by atoms with Crippen molar-refractivity contribution in [3.63, 3.8) is 0 Å². The largest absolute Gasteiger partial charge is 0.504 e. The number of phenolic OH excluding ortho intramolecular Hbond substituents is 4. The van der Waals surface area contributed by atoms with Crippen LogP contribution in [0, 0.1) is 0 Å². The van der Waals surface area contributed by atoms with E-state index in [4.69, 9.17) is 0 Å². The zero-order valence-corrected chi connectivity index (χ0v) is 18.9. The molecule has 0 bridgehead atoms. The van der Waals surface area contributed by atoms with E-state index in [1.54, 1.807) is 24.3 Å². The van der Waals surface area contributed by atoms with Crippen molar-refractivity contribution >= 4 is 43.6 Å². The predicted octanol–water partition coefficient (Wildman–Crippen LogP) is 7.11. The molecule has 0 aliphatic carbocycles. The van der Waals surface area contributed by atoms with E-state index in [-0.39, 0.29) is 23.0 Å². The zero-order valence-electron chi connectivity index (χ0n) is 18.9. The van der Waals surface area contributed by atoms with E-state index in [0.29, 0.717) is 11.1 Å². The van der Waals surface area contributed by atoms with Gasteiger partial charge >= 0.3 is 0 Å². The number of H-pyrrole nitrogens is 2. The maximum Gasteiger partial charge on any atom is 0.165 e. The molecule has 0 amide bonds. The fourth-order valence-corrected chi connectivity index (χ4v) is 5.43. The van der Waals surface area contributed by atoms with E-state index in [1.165, 1.54) is 12.1 Å². The van der Waals surface area contributed by atoms with Crippen LogP contribution in [0.2, 0.25) is 0 Å². The first-order valence-corrected chi connectivity index (χ1v) is 11.5. The lowest BCUT2D eigenvalue weighted by atomic mass is 9.89. The summed E-state index contributed by atoms with van der Waals surface area (Å²) in [6.07, 6.45) is 0. The minimum atomic E-state index is -0.211. The van der Waals surface area contributed by atoms with Crippen molar-refractivity contribution in [3.8, 4) is 45.3 Å². The van der Waals surface area contributed by atoms with Crippen molar-refractivity contribution in [2.45, 2.75) is 0 Å². The van der Waals surface area contributed by atoms with Crippen molar-refractivity contribution in [2.24, 2.45) is 0 Å². The van der Waals surface area contributed by atoms with E-state index in [2.05, 4.69) is 9.97 Å². The fourth-order valence-electron chi connectivity index (χ4n) is 5.43. The average Bonchev–Trinajstić information content (AvgIpc) is 3.46. The van der Waals surface area contributed by atoms with Gasteiger partial charge in [-0.05, 0) is 24.3 Å². The first-order valence-electron chi connectivity index (χ1n) is 11.5. The molecule has 6 heteroatoms. The smallest absolute Gasteiger partial charge is 0.165 e. The Morgan fingerprint density at radius 2 is 0.861 bits per heavy atom. The van der Waals surface area contributed by atoms with Gasteiger partial charge in [0.2, 0.25) is 0 Å². The Labute approximate surface area is 204 Å². The van der Waals surface area contributed by atoms with Gasteiger partial charge in [0.15, 0.2) is 23.0 Å². The van der Waals surface area contributed by atoms with Crippen molar-refractivity contribution < 1.29 is 20.4 Å². The zero-order chi connectivity index (χ0) is 24.6. The van der Waals surface area contributed by atoms with Gasteiger partial charge in [0.1, 0.15) is 0 Å². The third-order valence-corrected chi connectivity index (χ3v) is 6.98. The van der Waals surface area contributed by atoms with Crippen LogP contribution < -0.4 is 0 Å². The van der Waals surface area contributed by atoms with Crippen molar-refractivity contribution in [1.82, 2.24) is 9.97 Å². The van der Waals surface area contributed by atoms with Gasteiger partial charge < -0.3 is 30.4 Å². The van der Waals surface area contributed by atoms with Crippen LogP contribution in [0.25, 0.3) is 65.9 Å². The van der Waals surface area contributed by atoms with Crippen LogP contribution in [0.5, 0.6) is 23.0 Å². The first-order chi connectivity index (χ1) is 17.5. The second-order valence-corrected chi connectivity index (χ2v) is 8.94. The molecule has 0 spiro atoms. The number of aromatic nitrogens is 2. The summed E-state index contributed by atoms with van der Waals surface area (Å²) in [6, 6.07) is 25.6. The molecule has 0 atom stereocenters. The van der Waals surface area contributed by atoms with Gasteiger partial charge in [-0.15, -0.1) is 0 Å². The van der Waals surface area contributed by atoms with E-state index in [9.17, 15) is 20.4 Å². The summed E-state index contributed by atoms with van der Waals surface area (Å²) < 4.78 is 0. The summed E-state index contributed by atoms with van der Waals surface area (Å²) >= 11 is 0. The van der Waals surface area contributed by atoms with Gasteiger partial charge in [-0.2, -0.15) is 0 Å². The number of para-hydroxylation sites is 4. The molecular weight excluding hydrogens is 452 g/mol. The number of nitrogens with one attached hydrogen (secondary N) is 2. The van der Waals surface area contributed by atoms with Crippen LogP contribution in [0.4, 0.5) is 0 Å². The van der Waals surface area contributed by atoms with Gasteiger partial charge in [0, 0.05) is 54.8 Å². The molecule has 5 aromatic carbocycles. The van der Waals surface area contributed by atoms with Crippen LogP contribution in [0.3, 0.4) is 0 Å². The molecule has 6 nitrogen and oxygen atoms in total. The molecule has 2 heterocycles. The number of benzene rings is 5. The Balaban J connectivity index is 1.84. The predicted molar refractivity (Wildman–Crippen MR) is 143 cm³/mol. The van der Waals surface area contributed by atoms with E-state index in [1.807, 2.05) is 48.5 Å². The maximum absolute atomic E-state index is 11.0. The van der Waals surface area contributed by atoms with Crippen molar-refractivity contribution in [3.05, 3.63) is 84.9 Å². The summed E-state index contributed by atoms with van der Waals surface area (Å²) in [7, 11) is 0. The molecular formula is C30H20N2O4. The summed E-state index contributed by atoms with van der Waals surface area (Å²) in [5, 5.41) is 46.2. The lowest BCUT2D eigenvalue weighted by Crippen LogP contribution is -1.90. The third-order valence-electron chi connectivity index (χ3n) is 6.98. The van der Waals surface area contributed by atoms with Crippen molar-refractivity contribution in [2.75, 3.05) is 0 Å². The molecule has 2 aromatic heterocycles. The van der Waals surface area contributed by atoms with E-state index in [0.717, 1.165) is 54.7 Å². The molecule has 7 rings (SSSR count). The molecule has 0 fully saturated rings. The Bertz CT molecular complexity index is 1850. The molecule has 0 saturated heterocycles. The van der Waals surface area contributed by atoms with Crippen LogP contribution in [0.1, 0.15) is 0 Å². The SMILES string of the molecule is Oc1cccc(-c2c3[nH]c4ccccc4c3c(-c3cccc(O)c3O)c3[nH]c4ccccc4c23)c1O. The molecule has 0 radical (unpaired) electrons. The Morgan fingerprint density at radius 3 is 1.31 bits per heavy atom. The number of phenols is 4. The standard InChI is InChI=1S/C30H20N2O4/c33-21-13-5-9-17(29(21)35)25-23-15-7-1-3-11-19(15)31-27(23)26(18-10-6-14-22(34)30(18)36)24-16-8-2-4-12-20(16)32-28(24)25/h1-14,31-36H. The highest BCUT2D eigenvalue weighted by atomic mass is 16.3. The Kier molecular flexibility index (Phi) is 4.06. The van der Waals surface area contributed by atoms with Gasteiger partial charge in [-0.25, -0.2) is 0 Å². The van der Waals surface area contributed by atoms with Gasteiger partial charge in [0.05, 0.1) is 11.0 Å². The Hall–Kier alpha value is -5.10. The van der Waals surface area contributed by atoms with Crippen LogP contribution >= 0.6 is 0 Å². The molecule has 36 heavy (non-hydrogen) atoms. The van der Waals surface area contributed by atoms with Crippen LogP contribution in [-0.4, -0.2) is 30.4 Å². The lowest BCUT2D eigenvalue weighted by molar-refractivity contribution is 0.405. The number of aromatic amines is 2. The molecule has 6 N–H and O–H groups in total. The highest BCUT2D eigenvalue weighted by molar-refractivity contribution is 6.32. The second-order valence-electron chi connectivity index (χ2n) is 8.94. The average molecular weight is 473 g/mol. The second kappa shape index (κ2) is 7.20. The first kappa shape index (κ1) is 20.3. The summed E-state index contributed by atoms with van der Waals surface area (Å²) in [4.78, 5) is 7.06. The quantitative estimate of drug-likeness (QED) is 0.151. The fraction of sp³-hybridized carbons (Fsp3) is 0. The van der Waals surface area contributed by atoms with Crippen LogP contribution in [0.15, 0.2) is 84.9 Å². The monoisotopic (exact) mass is 472 g/mol. The molecule has 0 aliphatic rings. The van der Waals surface area contributed by atoms with Crippen LogP contribution in [-0.2, 0) is 0 Å². The summed E-state index contributed by atoms with van der Waals surface area (Å²) in [5.41, 5.74) is 5.66. The molecule has 7 aromatic rings. The number of rotatable bonds is 2. The maximum atomic E-state index is 11.0. The highest BCUT2D eigenvalue weighted by Crippen LogP contribution is 2.52. The number of hydrogen-bond acceptors (Lipinski definition) is 4. The minimum absolute atomic E-state index is 0.209. The Morgan fingerprint density at radius 1 is 0.444 bits per heavy atom. The number of aromatic hydroxyl groups is 4. The minimum Gasteiger partial charge on any atom is -0.504 e. The topological polar surface area (TPSA) is 113 Å². The van der Waals surface area contributed by atoms with Gasteiger partial charge in [-0.3, -0.25) is 0 Å². The molecule has 0 aliphatic heterocycles. The molecule has 0 saturated carbocycles. The van der Waals surface area contributed by atoms with E-state index >= 15 is 0 Å². The van der Waals surface area contributed by atoms with Gasteiger partial charge in [-0.1, -0.05) is 60.7 Å². The lowest BCUT2D eigenvalue weighted by Gasteiger charge is -2.15. The van der Waals surface area contributed by atoms with Gasteiger partial charge in [0.25, 0.3) is 0 Å². The highest BCUT2D eigenvalue weighted by Gasteiger charge is 2.26. The van der Waals surface area contributed by atoms with Crippen molar-refractivity contribution in [1.29, 1.82) is 0 Å². The normalized spacial score (nSPS) is 11.8. The molecule has 0 unspecified atom stereocenters. The van der Waals surface area contributed by atoms with E-state index < -0.39 is 0 Å². The summed E-state index contributed by atoms with van der Waals surface area (Å²) in [6.45, 7) is 0. The number of hydrogen-bond donors (Lipinski definition) is 6.